The van der Waals surface area contributed by atoms with Gasteiger partial charge in [0.2, 0.25) is 0 Å². The number of nitro groups is 1. The predicted octanol–water partition coefficient (Wildman–Crippen LogP) is 4.17. The summed E-state index contributed by atoms with van der Waals surface area (Å²) in [7, 11) is 0. The number of aromatic nitrogens is 1. The Bertz CT molecular complexity index is 858. The largest absolute Gasteiger partial charge is 0.324 e. The van der Waals surface area contributed by atoms with Crippen molar-refractivity contribution in [2.24, 2.45) is 0 Å². The standard InChI is InChI=1S/C12H6ClN3O3S2/c13-6-1-2-7(11-10(6)14-5-20-11)15-12(17)8-3-4-9(21-8)16(18)19/h1-5H,(H,15,17). The number of amides is 1. The summed E-state index contributed by atoms with van der Waals surface area (Å²) in [5, 5.41) is 13.8. The van der Waals surface area contributed by atoms with E-state index >= 15 is 0 Å². The lowest BCUT2D eigenvalue weighted by atomic mass is 10.3. The van der Waals surface area contributed by atoms with Crippen LogP contribution in [0, 0.1) is 10.1 Å². The highest BCUT2D eigenvalue weighted by Crippen LogP contribution is 2.33. The van der Waals surface area contributed by atoms with E-state index in [4.69, 9.17) is 11.6 Å². The molecule has 0 aliphatic heterocycles. The van der Waals surface area contributed by atoms with Gasteiger partial charge in [-0.1, -0.05) is 22.9 Å². The third-order valence-corrected chi connectivity index (χ3v) is 4.88. The number of thiazole rings is 1. The fourth-order valence-corrected chi connectivity index (χ4v) is 3.51. The van der Waals surface area contributed by atoms with Crippen molar-refractivity contribution in [3.05, 3.63) is 49.8 Å². The topological polar surface area (TPSA) is 85.1 Å². The van der Waals surface area contributed by atoms with Gasteiger partial charge in [-0.2, -0.15) is 0 Å². The number of hydrogen-bond acceptors (Lipinski definition) is 6. The van der Waals surface area contributed by atoms with Gasteiger partial charge in [0.15, 0.2) is 0 Å². The van der Waals surface area contributed by atoms with E-state index in [1.165, 1.54) is 23.5 Å². The maximum absolute atomic E-state index is 12.1. The van der Waals surface area contributed by atoms with Crippen LogP contribution in [0.4, 0.5) is 10.7 Å². The maximum Gasteiger partial charge on any atom is 0.324 e. The third-order valence-electron chi connectivity index (χ3n) is 2.68. The minimum Gasteiger partial charge on any atom is -0.320 e. The summed E-state index contributed by atoms with van der Waals surface area (Å²) in [5.74, 6) is -0.398. The summed E-state index contributed by atoms with van der Waals surface area (Å²) >= 11 is 8.21. The van der Waals surface area contributed by atoms with Crippen molar-refractivity contribution < 1.29 is 9.72 Å². The van der Waals surface area contributed by atoms with E-state index in [0.29, 0.717) is 16.2 Å². The normalized spacial score (nSPS) is 10.7. The summed E-state index contributed by atoms with van der Waals surface area (Å²) in [5.41, 5.74) is 2.84. The molecule has 0 radical (unpaired) electrons. The zero-order valence-electron chi connectivity index (χ0n) is 10.2. The molecule has 9 heteroatoms. The molecular formula is C12H6ClN3O3S2. The maximum atomic E-state index is 12.1. The number of fused-ring (bicyclic) bond motifs is 1. The van der Waals surface area contributed by atoms with Crippen LogP contribution in [0.15, 0.2) is 29.8 Å². The van der Waals surface area contributed by atoms with Gasteiger partial charge in [-0.25, -0.2) is 4.98 Å². The minimum absolute atomic E-state index is 0.0702. The molecule has 0 aliphatic rings. The molecule has 2 aromatic heterocycles. The Balaban J connectivity index is 1.91. The van der Waals surface area contributed by atoms with Gasteiger partial charge in [0.05, 0.1) is 30.7 Å². The second kappa shape index (κ2) is 5.40. The van der Waals surface area contributed by atoms with Crippen molar-refractivity contribution in [3.63, 3.8) is 0 Å². The van der Waals surface area contributed by atoms with Crippen molar-refractivity contribution >= 4 is 61.1 Å². The number of nitrogens with one attached hydrogen (secondary N) is 1. The minimum atomic E-state index is -0.523. The van der Waals surface area contributed by atoms with Crippen LogP contribution in [0.5, 0.6) is 0 Å². The predicted molar refractivity (Wildman–Crippen MR) is 83.6 cm³/mol. The molecule has 0 saturated heterocycles. The van der Waals surface area contributed by atoms with Crippen LogP contribution in [-0.4, -0.2) is 15.8 Å². The number of nitrogens with zero attached hydrogens (tertiary/aromatic N) is 2. The van der Waals surface area contributed by atoms with Crippen molar-refractivity contribution in [1.29, 1.82) is 0 Å². The van der Waals surface area contributed by atoms with Crippen LogP contribution in [0.1, 0.15) is 9.67 Å². The first-order valence-corrected chi connectivity index (χ1v) is 7.71. The van der Waals surface area contributed by atoms with Gasteiger partial charge in [-0.05, 0) is 18.2 Å². The molecule has 1 aromatic carbocycles. The first kappa shape index (κ1) is 13.9. The van der Waals surface area contributed by atoms with Crippen molar-refractivity contribution in [2.45, 2.75) is 0 Å². The molecule has 21 heavy (non-hydrogen) atoms. The Morgan fingerprint density at radius 1 is 1.33 bits per heavy atom. The summed E-state index contributed by atoms with van der Waals surface area (Å²) in [6.45, 7) is 0. The molecule has 3 aromatic rings. The van der Waals surface area contributed by atoms with Gasteiger partial charge in [0.25, 0.3) is 5.91 Å². The fourth-order valence-electron chi connectivity index (χ4n) is 1.75. The highest BCUT2D eigenvalue weighted by molar-refractivity contribution is 7.18. The molecule has 0 aliphatic carbocycles. The monoisotopic (exact) mass is 339 g/mol. The molecule has 1 N–H and O–H groups in total. The van der Waals surface area contributed by atoms with E-state index in [2.05, 4.69) is 10.3 Å². The summed E-state index contributed by atoms with van der Waals surface area (Å²) in [4.78, 5) is 26.6. The van der Waals surface area contributed by atoms with Crippen LogP contribution in [0.25, 0.3) is 10.2 Å². The smallest absolute Gasteiger partial charge is 0.320 e. The van der Waals surface area contributed by atoms with Crippen molar-refractivity contribution in [2.75, 3.05) is 5.32 Å². The van der Waals surface area contributed by atoms with Gasteiger partial charge in [-0.3, -0.25) is 14.9 Å². The van der Waals surface area contributed by atoms with E-state index in [0.717, 1.165) is 16.0 Å². The molecule has 6 nitrogen and oxygen atoms in total. The number of anilines is 1. The molecule has 0 fully saturated rings. The van der Waals surface area contributed by atoms with Crippen LogP contribution in [0.3, 0.4) is 0 Å². The Hall–Kier alpha value is -2.03. The Morgan fingerprint density at radius 3 is 2.86 bits per heavy atom. The summed E-state index contributed by atoms with van der Waals surface area (Å²) in [6, 6.07) is 6.07. The van der Waals surface area contributed by atoms with E-state index in [-0.39, 0.29) is 9.88 Å². The lowest BCUT2D eigenvalue weighted by molar-refractivity contribution is -0.380. The Labute approximate surface area is 131 Å². The lowest BCUT2D eigenvalue weighted by Crippen LogP contribution is -2.10. The lowest BCUT2D eigenvalue weighted by Gasteiger charge is -2.05. The number of carbonyl (C=O) groups excluding carboxylic acids is 1. The molecule has 106 valence electrons. The molecule has 3 rings (SSSR count). The molecule has 0 atom stereocenters. The van der Waals surface area contributed by atoms with E-state index in [1.54, 1.807) is 17.6 Å². The Morgan fingerprint density at radius 2 is 2.14 bits per heavy atom. The van der Waals surface area contributed by atoms with Gasteiger partial charge in [0.1, 0.15) is 5.52 Å². The first-order valence-electron chi connectivity index (χ1n) is 5.63. The number of thiophene rings is 1. The van der Waals surface area contributed by atoms with Gasteiger partial charge < -0.3 is 5.32 Å². The third kappa shape index (κ3) is 2.60. The second-order valence-corrected chi connectivity index (χ2v) is 6.30. The number of halogens is 1. The van der Waals surface area contributed by atoms with Gasteiger partial charge in [-0.15, -0.1) is 11.3 Å². The van der Waals surface area contributed by atoms with E-state index in [1.807, 2.05) is 0 Å². The number of benzene rings is 1. The highest BCUT2D eigenvalue weighted by atomic mass is 35.5. The average molecular weight is 340 g/mol. The first-order chi connectivity index (χ1) is 10.1. The van der Waals surface area contributed by atoms with Crippen LogP contribution in [-0.2, 0) is 0 Å². The van der Waals surface area contributed by atoms with Crippen LogP contribution in [0.2, 0.25) is 5.02 Å². The summed E-state index contributed by atoms with van der Waals surface area (Å²) < 4.78 is 0.766. The second-order valence-electron chi connectivity index (χ2n) is 3.97. The van der Waals surface area contributed by atoms with Gasteiger partial charge >= 0.3 is 5.00 Å². The Kier molecular flexibility index (Phi) is 3.58. The molecular weight excluding hydrogens is 334 g/mol. The number of rotatable bonds is 3. The SMILES string of the molecule is O=C(Nc1ccc(Cl)c2ncsc12)c1ccc([N+](=O)[O-])s1. The van der Waals surface area contributed by atoms with Crippen LogP contribution < -0.4 is 5.32 Å². The molecule has 2 heterocycles. The average Bonchev–Trinajstić information content (AvgIpc) is 3.09. The fraction of sp³-hybridized carbons (Fsp3) is 0. The van der Waals surface area contributed by atoms with Gasteiger partial charge in [0, 0.05) is 6.07 Å². The quantitative estimate of drug-likeness (QED) is 0.573. The molecule has 1 amide bonds. The molecule has 0 spiro atoms. The zero-order chi connectivity index (χ0) is 15.0. The molecule has 0 bridgehead atoms. The molecule has 0 unspecified atom stereocenters. The summed E-state index contributed by atoms with van der Waals surface area (Å²) in [6.07, 6.45) is 0. The number of hydrogen-bond donors (Lipinski definition) is 1. The van der Waals surface area contributed by atoms with E-state index < -0.39 is 10.8 Å². The van der Waals surface area contributed by atoms with E-state index in [9.17, 15) is 14.9 Å². The van der Waals surface area contributed by atoms with Crippen molar-refractivity contribution in [1.82, 2.24) is 4.98 Å². The zero-order valence-corrected chi connectivity index (χ0v) is 12.6. The van der Waals surface area contributed by atoms with Crippen LogP contribution >= 0.6 is 34.3 Å². The highest BCUT2D eigenvalue weighted by Gasteiger charge is 2.17. The number of carbonyl (C=O) groups is 1. The molecule has 0 saturated carbocycles. The van der Waals surface area contributed by atoms with Crippen molar-refractivity contribution in [3.8, 4) is 0 Å².